The summed E-state index contributed by atoms with van der Waals surface area (Å²) in [7, 11) is -3.81. The van der Waals surface area contributed by atoms with Crippen LogP contribution in [0.1, 0.15) is 13.3 Å². The largest absolute Gasteiger partial charge is 0.322 e. The average molecular weight is 344 g/mol. The Labute approximate surface area is 133 Å². The molecule has 2 heterocycles. The molecule has 1 unspecified atom stereocenters. The molecule has 2 aliphatic heterocycles. The molecule has 3 rings (SSSR count). The normalized spacial score (nSPS) is 28.5. The van der Waals surface area contributed by atoms with E-state index in [-0.39, 0.29) is 17.1 Å². The molecule has 22 heavy (non-hydrogen) atoms. The fourth-order valence-corrected chi connectivity index (χ4v) is 4.00. The first-order valence-corrected chi connectivity index (χ1v) is 8.51. The van der Waals surface area contributed by atoms with Crippen LogP contribution in [0.25, 0.3) is 0 Å². The number of hydrogen-bond donors (Lipinski definition) is 0. The number of sulfonamides is 1. The first kappa shape index (κ1) is 15.5. The SMILES string of the molecule is CC1OC(C2CC(=O)C=CN2S(=O)(=O)c2ccc(Cl)cc2)O1. The van der Waals surface area contributed by atoms with Gasteiger partial charge in [0.2, 0.25) is 0 Å². The summed E-state index contributed by atoms with van der Waals surface area (Å²) in [4.78, 5) is 11.7. The molecule has 0 aromatic heterocycles. The minimum absolute atomic E-state index is 0.0146. The van der Waals surface area contributed by atoms with Crippen molar-refractivity contribution in [3.8, 4) is 0 Å². The van der Waals surface area contributed by atoms with Gasteiger partial charge in [0.15, 0.2) is 18.4 Å². The highest BCUT2D eigenvalue weighted by molar-refractivity contribution is 7.89. The summed E-state index contributed by atoms with van der Waals surface area (Å²) in [5.41, 5.74) is 0. The fourth-order valence-electron chi connectivity index (χ4n) is 2.40. The van der Waals surface area contributed by atoms with Gasteiger partial charge >= 0.3 is 0 Å². The molecule has 0 radical (unpaired) electrons. The first-order chi connectivity index (χ1) is 10.4. The van der Waals surface area contributed by atoms with E-state index in [1.54, 1.807) is 6.92 Å². The van der Waals surface area contributed by atoms with Gasteiger partial charge in [-0.2, -0.15) is 0 Å². The van der Waals surface area contributed by atoms with Gasteiger partial charge in [-0.1, -0.05) is 11.6 Å². The molecule has 2 aliphatic rings. The van der Waals surface area contributed by atoms with Crippen LogP contribution in [-0.2, 0) is 24.3 Å². The molecule has 1 atom stereocenters. The van der Waals surface area contributed by atoms with Gasteiger partial charge in [-0.15, -0.1) is 0 Å². The number of ether oxygens (including phenoxy) is 2. The predicted molar refractivity (Wildman–Crippen MR) is 78.4 cm³/mol. The molecule has 0 amide bonds. The van der Waals surface area contributed by atoms with Crippen LogP contribution in [0.15, 0.2) is 41.4 Å². The smallest absolute Gasteiger partial charge is 0.264 e. The number of benzene rings is 1. The van der Waals surface area contributed by atoms with E-state index in [0.717, 1.165) is 4.31 Å². The molecule has 0 bridgehead atoms. The molecule has 1 fully saturated rings. The van der Waals surface area contributed by atoms with Crippen molar-refractivity contribution in [1.82, 2.24) is 4.31 Å². The minimum Gasteiger partial charge on any atom is -0.322 e. The van der Waals surface area contributed by atoms with Crippen LogP contribution in [0.4, 0.5) is 0 Å². The third-order valence-electron chi connectivity index (χ3n) is 3.50. The van der Waals surface area contributed by atoms with Crippen LogP contribution in [0, 0.1) is 0 Å². The van der Waals surface area contributed by atoms with Gasteiger partial charge in [0.05, 0.1) is 4.90 Å². The third-order valence-corrected chi connectivity index (χ3v) is 5.57. The summed E-state index contributed by atoms with van der Waals surface area (Å²) >= 11 is 5.79. The zero-order valence-corrected chi connectivity index (χ0v) is 13.3. The molecule has 1 aromatic carbocycles. The minimum atomic E-state index is -3.81. The standard InChI is InChI=1S/C14H14ClNO5S/c1-9-20-14(21-9)13-8-11(17)6-7-16(13)22(18,19)12-4-2-10(15)3-5-12/h2-7,9,13-14H,8H2,1H3. The van der Waals surface area contributed by atoms with E-state index < -0.39 is 28.6 Å². The van der Waals surface area contributed by atoms with Gasteiger partial charge in [0.25, 0.3) is 10.0 Å². The number of hydrogen-bond acceptors (Lipinski definition) is 5. The molecule has 8 heteroatoms. The van der Waals surface area contributed by atoms with Gasteiger partial charge in [-0.05, 0) is 37.3 Å². The molecule has 1 aromatic rings. The Morgan fingerprint density at radius 3 is 2.45 bits per heavy atom. The lowest BCUT2D eigenvalue weighted by Crippen LogP contribution is -2.55. The van der Waals surface area contributed by atoms with Gasteiger partial charge in [-0.25, -0.2) is 8.42 Å². The van der Waals surface area contributed by atoms with Gasteiger partial charge in [0, 0.05) is 17.6 Å². The van der Waals surface area contributed by atoms with Crippen LogP contribution in [0.5, 0.6) is 0 Å². The average Bonchev–Trinajstić information content (AvgIpc) is 2.44. The lowest BCUT2D eigenvalue weighted by atomic mass is 10.1. The van der Waals surface area contributed by atoms with Gasteiger partial charge < -0.3 is 9.47 Å². The number of halogens is 1. The summed E-state index contributed by atoms with van der Waals surface area (Å²) in [5.74, 6) is -0.167. The van der Waals surface area contributed by atoms with Crippen molar-refractivity contribution in [2.75, 3.05) is 0 Å². The van der Waals surface area contributed by atoms with Crippen molar-refractivity contribution in [3.63, 3.8) is 0 Å². The number of carbonyl (C=O) groups is 1. The summed E-state index contributed by atoms with van der Waals surface area (Å²) < 4.78 is 37.4. The highest BCUT2D eigenvalue weighted by atomic mass is 35.5. The second-order valence-electron chi connectivity index (χ2n) is 5.05. The van der Waals surface area contributed by atoms with Gasteiger partial charge in [-0.3, -0.25) is 9.10 Å². The number of allylic oxidation sites excluding steroid dienone is 1. The molecular formula is C14H14ClNO5S. The zero-order valence-electron chi connectivity index (χ0n) is 11.7. The molecular weight excluding hydrogens is 330 g/mol. The van der Waals surface area contributed by atoms with E-state index >= 15 is 0 Å². The maximum atomic E-state index is 12.8. The van der Waals surface area contributed by atoms with Crippen molar-refractivity contribution >= 4 is 27.4 Å². The number of nitrogens with zero attached hydrogens (tertiary/aromatic N) is 1. The third kappa shape index (κ3) is 2.77. The van der Waals surface area contributed by atoms with Crippen LogP contribution in [0.2, 0.25) is 5.02 Å². The van der Waals surface area contributed by atoms with Crippen molar-refractivity contribution in [2.45, 2.75) is 36.9 Å². The Balaban J connectivity index is 1.94. The molecule has 0 spiro atoms. The van der Waals surface area contributed by atoms with E-state index in [4.69, 9.17) is 21.1 Å². The van der Waals surface area contributed by atoms with Crippen LogP contribution in [0.3, 0.4) is 0 Å². The first-order valence-electron chi connectivity index (χ1n) is 6.69. The molecule has 118 valence electrons. The molecule has 1 saturated heterocycles. The molecule has 0 aliphatic carbocycles. The Morgan fingerprint density at radius 1 is 1.23 bits per heavy atom. The summed E-state index contributed by atoms with van der Waals surface area (Å²) in [6.45, 7) is 1.70. The maximum Gasteiger partial charge on any atom is 0.264 e. The van der Waals surface area contributed by atoms with Crippen LogP contribution < -0.4 is 0 Å². The topological polar surface area (TPSA) is 72.9 Å². The summed E-state index contributed by atoms with van der Waals surface area (Å²) in [5, 5.41) is 0.444. The van der Waals surface area contributed by atoms with Crippen molar-refractivity contribution < 1.29 is 22.7 Å². The van der Waals surface area contributed by atoms with Crippen molar-refractivity contribution in [3.05, 3.63) is 41.6 Å². The second-order valence-corrected chi connectivity index (χ2v) is 7.33. The van der Waals surface area contributed by atoms with E-state index in [1.807, 2.05) is 0 Å². The van der Waals surface area contributed by atoms with Crippen LogP contribution >= 0.6 is 11.6 Å². The predicted octanol–water partition coefficient (Wildman–Crippen LogP) is 1.90. The second kappa shape index (κ2) is 5.66. The lowest BCUT2D eigenvalue weighted by molar-refractivity contribution is -0.387. The lowest BCUT2D eigenvalue weighted by Gasteiger charge is -2.43. The van der Waals surface area contributed by atoms with E-state index in [2.05, 4.69) is 0 Å². The Kier molecular flexibility index (Phi) is 3.98. The molecule has 0 N–H and O–H groups in total. The van der Waals surface area contributed by atoms with Crippen molar-refractivity contribution in [2.24, 2.45) is 0 Å². The zero-order chi connectivity index (χ0) is 15.9. The monoisotopic (exact) mass is 343 g/mol. The van der Waals surface area contributed by atoms with E-state index in [0.29, 0.717) is 5.02 Å². The number of rotatable bonds is 3. The van der Waals surface area contributed by atoms with E-state index in [9.17, 15) is 13.2 Å². The highest BCUT2D eigenvalue weighted by Gasteiger charge is 2.43. The summed E-state index contributed by atoms with van der Waals surface area (Å²) in [6.07, 6.45) is 1.38. The quantitative estimate of drug-likeness (QED) is 0.838. The van der Waals surface area contributed by atoms with E-state index in [1.165, 1.54) is 36.5 Å². The maximum absolute atomic E-state index is 12.8. The van der Waals surface area contributed by atoms with Gasteiger partial charge in [0.1, 0.15) is 6.04 Å². The Bertz CT molecular complexity index is 709. The number of ketones is 1. The Morgan fingerprint density at radius 2 is 1.86 bits per heavy atom. The number of carbonyl (C=O) groups excluding carboxylic acids is 1. The van der Waals surface area contributed by atoms with Crippen LogP contribution in [-0.4, -0.2) is 37.1 Å². The summed E-state index contributed by atoms with van der Waals surface area (Å²) in [6, 6.07) is 5.13. The highest BCUT2D eigenvalue weighted by Crippen LogP contribution is 2.31. The molecule has 0 saturated carbocycles. The molecule has 6 nitrogen and oxygen atoms in total. The fraction of sp³-hybridized carbons (Fsp3) is 0.357. The van der Waals surface area contributed by atoms with Crippen molar-refractivity contribution in [1.29, 1.82) is 0 Å². The Hall–Kier alpha value is -1.41.